The van der Waals surface area contributed by atoms with Crippen molar-refractivity contribution in [1.29, 1.82) is 0 Å². The number of nitrogens with zero attached hydrogens (tertiary/aromatic N) is 1. The number of benzene rings is 2. The van der Waals surface area contributed by atoms with E-state index >= 15 is 0 Å². The number of thioether (sulfide) groups is 1. The molecule has 0 radical (unpaired) electrons. The number of carbonyl (C=O) groups excluding carboxylic acids is 2. The average Bonchev–Trinajstić information content (AvgIpc) is 3.10. The summed E-state index contributed by atoms with van der Waals surface area (Å²) < 4.78 is 21.3. The third-order valence-electron chi connectivity index (χ3n) is 4.11. The van der Waals surface area contributed by atoms with Crippen molar-refractivity contribution in [2.75, 3.05) is 27.9 Å². The first-order chi connectivity index (χ1) is 14.9. The highest BCUT2D eigenvalue weighted by molar-refractivity contribution is 8.18. The summed E-state index contributed by atoms with van der Waals surface area (Å²) in [6.45, 7) is -0.194. The summed E-state index contributed by atoms with van der Waals surface area (Å²) in [5.74, 6) is 1.73. The molecule has 0 unspecified atom stereocenters. The molecule has 1 aliphatic rings. The number of rotatable bonds is 8. The van der Waals surface area contributed by atoms with E-state index in [0.29, 0.717) is 39.4 Å². The second-order valence-electron chi connectivity index (χ2n) is 6.19. The number of carbonyl (C=O) groups is 2. The van der Waals surface area contributed by atoms with Gasteiger partial charge in [0, 0.05) is 12.1 Å². The maximum absolute atomic E-state index is 12.0. The lowest BCUT2D eigenvalue weighted by molar-refractivity contribution is -0.119. The van der Waals surface area contributed by atoms with Crippen LogP contribution in [0.1, 0.15) is 5.56 Å². The second kappa shape index (κ2) is 9.90. The minimum atomic E-state index is -0.550. The van der Waals surface area contributed by atoms with E-state index in [1.165, 1.54) is 21.3 Å². The van der Waals surface area contributed by atoms with Gasteiger partial charge in [0.1, 0.15) is 11.6 Å². The van der Waals surface area contributed by atoms with Crippen LogP contribution >= 0.6 is 11.8 Å². The van der Waals surface area contributed by atoms with Gasteiger partial charge in [-0.25, -0.2) is 4.99 Å². The molecule has 2 aromatic carbocycles. The van der Waals surface area contributed by atoms with E-state index < -0.39 is 5.91 Å². The minimum Gasteiger partial charge on any atom is -0.493 e. The number of methoxy groups -OCH3 is 3. The van der Waals surface area contributed by atoms with Gasteiger partial charge in [-0.2, -0.15) is 0 Å². The van der Waals surface area contributed by atoms with Crippen LogP contribution in [0.4, 0.5) is 10.5 Å². The molecule has 2 amide bonds. The molecule has 1 aliphatic heterocycles. The zero-order valence-electron chi connectivity index (χ0n) is 17.1. The van der Waals surface area contributed by atoms with Crippen molar-refractivity contribution < 1.29 is 28.5 Å². The minimum absolute atomic E-state index is 0.194. The van der Waals surface area contributed by atoms with E-state index in [0.717, 1.165) is 17.3 Å². The number of aliphatic imine (C=N–C) groups is 1. The number of hydrogen-bond donors (Lipinski definition) is 2. The SMILES string of the molecule is COc1cc(N=C2NC(=O)SC2=Cc2ccc(OCC(N)=O)cc2)cc(OC)c1OC. The average molecular weight is 443 g/mol. The van der Waals surface area contributed by atoms with Crippen molar-refractivity contribution >= 4 is 40.5 Å². The third kappa shape index (κ3) is 5.48. The van der Waals surface area contributed by atoms with Gasteiger partial charge in [-0.15, -0.1) is 0 Å². The lowest BCUT2D eigenvalue weighted by Gasteiger charge is -2.12. The zero-order chi connectivity index (χ0) is 22.4. The van der Waals surface area contributed by atoms with Crippen LogP contribution in [0.3, 0.4) is 0 Å². The molecule has 1 heterocycles. The van der Waals surface area contributed by atoms with Crippen molar-refractivity contribution in [3.05, 3.63) is 46.9 Å². The molecule has 2 aromatic rings. The predicted molar refractivity (Wildman–Crippen MR) is 118 cm³/mol. The predicted octanol–water partition coefficient (Wildman–Crippen LogP) is 3.10. The Labute approximate surface area is 183 Å². The number of amides is 2. The Morgan fingerprint density at radius 3 is 2.29 bits per heavy atom. The summed E-state index contributed by atoms with van der Waals surface area (Å²) in [5.41, 5.74) is 6.42. The molecule has 31 heavy (non-hydrogen) atoms. The third-order valence-corrected chi connectivity index (χ3v) is 4.92. The molecule has 10 heteroatoms. The number of amidine groups is 1. The smallest absolute Gasteiger partial charge is 0.289 e. The normalized spacial score (nSPS) is 15.6. The van der Waals surface area contributed by atoms with Crippen molar-refractivity contribution in [3.8, 4) is 23.0 Å². The molecule has 0 atom stereocenters. The molecule has 162 valence electrons. The molecule has 9 nitrogen and oxygen atoms in total. The Morgan fingerprint density at radius 2 is 1.74 bits per heavy atom. The van der Waals surface area contributed by atoms with Crippen molar-refractivity contribution in [2.24, 2.45) is 10.7 Å². The van der Waals surface area contributed by atoms with Gasteiger partial charge < -0.3 is 30.0 Å². The maximum Gasteiger partial charge on any atom is 0.289 e. The summed E-state index contributed by atoms with van der Waals surface area (Å²) in [4.78, 5) is 28.0. The second-order valence-corrected chi connectivity index (χ2v) is 7.21. The summed E-state index contributed by atoms with van der Waals surface area (Å²) in [6, 6.07) is 10.4. The van der Waals surface area contributed by atoms with E-state index in [1.54, 1.807) is 36.4 Å². The molecule has 1 saturated heterocycles. The molecule has 0 spiro atoms. The maximum atomic E-state index is 12.0. The molecule has 0 aliphatic carbocycles. The summed E-state index contributed by atoms with van der Waals surface area (Å²) >= 11 is 1.03. The number of nitrogens with one attached hydrogen (secondary N) is 1. The lowest BCUT2D eigenvalue weighted by Crippen LogP contribution is -2.19. The van der Waals surface area contributed by atoms with Gasteiger partial charge in [0.2, 0.25) is 5.75 Å². The van der Waals surface area contributed by atoms with Gasteiger partial charge in [-0.05, 0) is 35.5 Å². The summed E-state index contributed by atoms with van der Waals surface area (Å²) in [7, 11) is 4.55. The number of nitrogens with two attached hydrogens (primary N) is 1. The topological polar surface area (TPSA) is 121 Å². The fourth-order valence-electron chi connectivity index (χ4n) is 2.74. The van der Waals surface area contributed by atoms with Crippen LogP contribution in [0, 0.1) is 0 Å². The highest BCUT2D eigenvalue weighted by atomic mass is 32.2. The molecule has 3 rings (SSSR count). The van der Waals surface area contributed by atoms with Crippen LogP contribution in [-0.4, -0.2) is 44.9 Å². The molecule has 1 fully saturated rings. The van der Waals surface area contributed by atoms with Gasteiger partial charge in [0.15, 0.2) is 18.1 Å². The van der Waals surface area contributed by atoms with E-state index in [1.807, 2.05) is 6.08 Å². The lowest BCUT2D eigenvalue weighted by atomic mass is 10.2. The molecule has 3 N–H and O–H groups in total. The Kier molecular flexibility index (Phi) is 7.03. The number of ether oxygens (including phenoxy) is 4. The largest absolute Gasteiger partial charge is 0.493 e. The van der Waals surface area contributed by atoms with Crippen LogP contribution < -0.4 is 30.0 Å². The number of hydrogen-bond acceptors (Lipinski definition) is 8. The van der Waals surface area contributed by atoms with Gasteiger partial charge in [-0.3, -0.25) is 9.59 Å². The summed E-state index contributed by atoms with van der Waals surface area (Å²) in [5, 5.41) is 2.50. The molecule has 0 bridgehead atoms. The zero-order valence-corrected chi connectivity index (χ0v) is 17.9. The summed E-state index contributed by atoms with van der Waals surface area (Å²) in [6.07, 6.45) is 1.82. The first kappa shape index (κ1) is 22.0. The first-order valence-corrected chi connectivity index (χ1v) is 9.86. The van der Waals surface area contributed by atoms with Crippen LogP contribution in [0.2, 0.25) is 0 Å². The molecule has 0 saturated carbocycles. The van der Waals surface area contributed by atoms with Crippen LogP contribution in [-0.2, 0) is 4.79 Å². The van der Waals surface area contributed by atoms with Crippen molar-refractivity contribution in [3.63, 3.8) is 0 Å². The van der Waals surface area contributed by atoms with E-state index in [9.17, 15) is 9.59 Å². The fraction of sp³-hybridized carbons (Fsp3) is 0.190. The number of primary amides is 1. The van der Waals surface area contributed by atoms with Crippen LogP contribution in [0.25, 0.3) is 6.08 Å². The molecular weight excluding hydrogens is 422 g/mol. The first-order valence-electron chi connectivity index (χ1n) is 9.04. The van der Waals surface area contributed by atoms with Gasteiger partial charge in [0.05, 0.1) is 31.9 Å². The highest BCUT2D eigenvalue weighted by Gasteiger charge is 2.24. The van der Waals surface area contributed by atoms with Gasteiger partial charge in [0.25, 0.3) is 11.1 Å². The van der Waals surface area contributed by atoms with E-state index in [2.05, 4.69) is 10.3 Å². The quantitative estimate of drug-likeness (QED) is 0.643. The Morgan fingerprint density at radius 1 is 1.10 bits per heavy atom. The Bertz CT molecular complexity index is 1020. The van der Waals surface area contributed by atoms with Crippen molar-refractivity contribution in [2.45, 2.75) is 0 Å². The molecule has 0 aromatic heterocycles. The standard InChI is InChI=1S/C21H21N3O6S/c1-27-15-9-13(10-16(28-2)19(15)29-3)23-20-17(31-21(26)24-20)8-12-4-6-14(7-5-12)30-11-18(22)25/h4-10H,11H2,1-3H3,(H2,22,25)(H,23,24,26). The Hall–Kier alpha value is -3.66. The van der Waals surface area contributed by atoms with E-state index in [-0.39, 0.29) is 11.8 Å². The molecular formula is C21H21N3O6S. The van der Waals surface area contributed by atoms with Gasteiger partial charge in [-0.1, -0.05) is 12.1 Å². The fourth-order valence-corrected chi connectivity index (χ4v) is 3.48. The van der Waals surface area contributed by atoms with E-state index in [4.69, 9.17) is 24.7 Å². The van der Waals surface area contributed by atoms with Gasteiger partial charge >= 0.3 is 0 Å². The van der Waals surface area contributed by atoms with Crippen LogP contribution in [0.15, 0.2) is 46.3 Å². The van der Waals surface area contributed by atoms with Crippen molar-refractivity contribution in [1.82, 2.24) is 5.32 Å². The monoisotopic (exact) mass is 443 g/mol. The van der Waals surface area contributed by atoms with Crippen LogP contribution in [0.5, 0.6) is 23.0 Å². The highest BCUT2D eigenvalue weighted by Crippen LogP contribution is 2.41. The Balaban J connectivity index is 1.90.